The Labute approximate surface area is 99.9 Å². The minimum atomic E-state index is -3.63. The van der Waals surface area contributed by atoms with Gasteiger partial charge in [0.25, 0.3) is 0 Å². The third kappa shape index (κ3) is 3.20. The topological polar surface area (TPSA) is 70.0 Å². The number of sulfonamides is 1. The molecule has 0 saturated heterocycles. The molecular formula is C10H11ClN2O2S. The summed E-state index contributed by atoms with van der Waals surface area (Å²) in [5.74, 6) is 0. The summed E-state index contributed by atoms with van der Waals surface area (Å²) in [5, 5.41) is 9.15. The highest BCUT2D eigenvalue weighted by molar-refractivity contribution is 7.89. The molecule has 0 bridgehead atoms. The van der Waals surface area contributed by atoms with Crippen LogP contribution in [0.15, 0.2) is 29.2 Å². The molecule has 0 heterocycles. The maximum absolute atomic E-state index is 11.8. The van der Waals surface area contributed by atoms with Crippen molar-refractivity contribution in [2.45, 2.75) is 24.3 Å². The molecule has 0 aliphatic heterocycles. The van der Waals surface area contributed by atoms with Gasteiger partial charge in [-0.15, -0.1) is 0 Å². The van der Waals surface area contributed by atoms with Crippen LogP contribution in [0.3, 0.4) is 0 Å². The van der Waals surface area contributed by atoms with Crippen LogP contribution in [0.25, 0.3) is 0 Å². The first-order chi connectivity index (χ1) is 7.49. The summed E-state index contributed by atoms with van der Waals surface area (Å²) in [4.78, 5) is 0.102. The van der Waals surface area contributed by atoms with Crippen LogP contribution in [0.1, 0.15) is 13.3 Å². The van der Waals surface area contributed by atoms with E-state index in [4.69, 9.17) is 16.9 Å². The number of nitrogens with zero attached hydrogens (tertiary/aromatic N) is 1. The first-order valence-corrected chi connectivity index (χ1v) is 6.53. The van der Waals surface area contributed by atoms with Gasteiger partial charge in [0.2, 0.25) is 10.0 Å². The maximum Gasteiger partial charge on any atom is 0.241 e. The fourth-order valence-electron chi connectivity index (χ4n) is 1.07. The van der Waals surface area contributed by atoms with E-state index in [1.54, 1.807) is 6.92 Å². The molecule has 0 radical (unpaired) electrons. The number of benzene rings is 1. The molecule has 1 aromatic carbocycles. The molecule has 0 aliphatic rings. The minimum Gasteiger partial charge on any atom is -0.207 e. The Bertz CT molecular complexity index is 491. The van der Waals surface area contributed by atoms with E-state index in [1.807, 2.05) is 6.07 Å². The van der Waals surface area contributed by atoms with E-state index in [0.717, 1.165) is 0 Å². The minimum absolute atomic E-state index is 0.102. The summed E-state index contributed by atoms with van der Waals surface area (Å²) in [7, 11) is -3.63. The van der Waals surface area contributed by atoms with Crippen LogP contribution in [-0.4, -0.2) is 14.5 Å². The lowest BCUT2D eigenvalue weighted by molar-refractivity contribution is 0.569. The predicted molar refractivity (Wildman–Crippen MR) is 61.5 cm³/mol. The molecule has 0 aromatic heterocycles. The Morgan fingerprint density at radius 2 is 2.00 bits per heavy atom. The molecule has 0 amide bonds. The molecule has 1 aromatic rings. The van der Waals surface area contributed by atoms with Gasteiger partial charge >= 0.3 is 0 Å². The van der Waals surface area contributed by atoms with Gasteiger partial charge in [0.1, 0.15) is 6.04 Å². The molecule has 0 unspecified atom stereocenters. The molecule has 16 heavy (non-hydrogen) atoms. The number of rotatable bonds is 4. The Morgan fingerprint density at radius 1 is 1.44 bits per heavy atom. The molecule has 1 rings (SSSR count). The summed E-state index contributed by atoms with van der Waals surface area (Å²) in [6.07, 6.45) is 0.420. The maximum atomic E-state index is 11.8. The smallest absolute Gasteiger partial charge is 0.207 e. The lowest BCUT2D eigenvalue weighted by atomic mass is 10.3. The van der Waals surface area contributed by atoms with Crippen molar-refractivity contribution < 1.29 is 8.42 Å². The lowest BCUT2D eigenvalue weighted by Gasteiger charge is -2.09. The van der Waals surface area contributed by atoms with Crippen LogP contribution in [-0.2, 0) is 10.0 Å². The van der Waals surface area contributed by atoms with Gasteiger partial charge in [0.15, 0.2) is 0 Å². The molecule has 4 nitrogen and oxygen atoms in total. The SMILES string of the molecule is CC[C@H](C#N)NS(=O)(=O)c1ccc(Cl)cc1. The third-order valence-corrected chi connectivity index (χ3v) is 3.72. The van der Waals surface area contributed by atoms with Crippen molar-refractivity contribution in [3.05, 3.63) is 29.3 Å². The number of nitrogens with one attached hydrogen (secondary N) is 1. The molecule has 1 atom stereocenters. The van der Waals surface area contributed by atoms with Gasteiger partial charge in [0.05, 0.1) is 11.0 Å². The van der Waals surface area contributed by atoms with E-state index in [2.05, 4.69) is 4.72 Å². The first-order valence-electron chi connectivity index (χ1n) is 4.67. The Morgan fingerprint density at radius 3 is 2.44 bits per heavy atom. The van der Waals surface area contributed by atoms with Crippen LogP contribution in [0.4, 0.5) is 0 Å². The molecule has 6 heteroatoms. The fourth-order valence-corrected chi connectivity index (χ4v) is 2.42. The van der Waals surface area contributed by atoms with Crippen LogP contribution < -0.4 is 4.72 Å². The summed E-state index contributed by atoms with van der Waals surface area (Å²) in [6.45, 7) is 1.73. The van der Waals surface area contributed by atoms with Crippen molar-refractivity contribution in [1.82, 2.24) is 4.72 Å². The van der Waals surface area contributed by atoms with E-state index in [0.29, 0.717) is 11.4 Å². The quantitative estimate of drug-likeness (QED) is 0.897. The molecule has 0 saturated carbocycles. The van der Waals surface area contributed by atoms with Crippen LogP contribution in [0.2, 0.25) is 5.02 Å². The highest BCUT2D eigenvalue weighted by Gasteiger charge is 2.18. The van der Waals surface area contributed by atoms with E-state index in [1.165, 1.54) is 24.3 Å². The summed E-state index contributed by atoms with van der Waals surface area (Å²) in [6, 6.07) is 6.94. The molecule has 0 fully saturated rings. The van der Waals surface area contributed by atoms with Crippen molar-refractivity contribution in [3.63, 3.8) is 0 Å². The van der Waals surface area contributed by atoms with Crippen molar-refractivity contribution in [1.29, 1.82) is 5.26 Å². The van der Waals surface area contributed by atoms with E-state index >= 15 is 0 Å². The number of halogens is 1. The van der Waals surface area contributed by atoms with Crippen LogP contribution in [0.5, 0.6) is 0 Å². The monoisotopic (exact) mass is 258 g/mol. The summed E-state index contributed by atoms with van der Waals surface area (Å²) < 4.78 is 25.8. The van der Waals surface area contributed by atoms with E-state index in [-0.39, 0.29) is 4.90 Å². The van der Waals surface area contributed by atoms with Crippen LogP contribution >= 0.6 is 11.6 Å². The van der Waals surface area contributed by atoms with Gasteiger partial charge in [-0.25, -0.2) is 8.42 Å². The number of hydrogen-bond donors (Lipinski definition) is 1. The van der Waals surface area contributed by atoms with Gasteiger partial charge < -0.3 is 0 Å². The average molecular weight is 259 g/mol. The second-order valence-electron chi connectivity index (χ2n) is 3.17. The van der Waals surface area contributed by atoms with Gasteiger partial charge in [-0.05, 0) is 30.7 Å². The zero-order chi connectivity index (χ0) is 12.2. The summed E-state index contributed by atoms with van der Waals surface area (Å²) in [5.41, 5.74) is 0. The molecule has 0 spiro atoms. The van der Waals surface area contributed by atoms with Crippen LogP contribution in [0, 0.1) is 11.3 Å². The zero-order valence-electron chi connectivity index (χ0n) is 8.64. The molecular weight excluding hydrogens is 248 g/mol. The average Bonchev–Trinajstić information content (AvgIpc) is 2.26. The zero-order valence-corrected chi connectivity index (χ0v) is 10.2. The van der Waals surface area contributed by atoms with Crippen molar-refractivity contribution in [2.24, 2.45) is 0 Å². The standard InChI is InChI=1S/C10H11ClN2O2S/c1-2-9(7-12)13-16(14,15)10-5-3-8(11)4-6-10/h3-6,9,13H,2H2,1H3/t9-/m1/s1. The van der Waals surface area contributed by atoms with Gasteiger partial charge in [-0.2, -0.15) is 9.98 Å². The van der Waals surface area contributed by atoms with Gasteiger partial charge in [-0.1, -0.05) is 18.5 Å². The fraction of sp³-hybridized carbons (Fsp3) is 0.300. The van der Waals surface area contributed by atoms with Gasteiger partial charge in [0, 0.05) is 5.02 Å². The van der Waals surface area contributed by atoms with Crippen molar-refractivity contribution >= 4 is 21.6 Å². The molecule has 1 N–H and O–H groups in total. The highest BCUT2D eigenvalue weighted by atomic mass is 35.5. The second-order valence-corrected chi connectivity index (χ2v) is 5.32. The highest BCUT2D eigenvalue weighted by Crippen LogP contribution is 2.14. The van der Waals surface area contributed by atoms with Crippen molar-refractivity contribution in [2.75, 3.05) is 0 Å². The predicted octanol–water partition coefficient (Wildman–Crippen LogP) is 1.92. The first kappa shape index (κ1) is 13.0. The largest absolute Gasteiger partial charge is 0.241 e. The Hall–Kier alpha value is -1.09. The number of hydrogen-bond acceptors (Lipinski definition) is 3. The number of nitriles is 1. The Balaban J connectivity index is 2.95. The van der Waals surface area contributed by atoms with E-state index in [9.17, 15) is 8.42 Å². The molecule has 0 aliphatic carbocycles. The van der Waals surface area contributed by atoms with Crippen molar-refractivity contribution in [3.8, 4) is 6.07 Å². The third-order valence-electron chi connectivity index (χ3n) is 1.99. The van der Waals surface area contributed by atoms with Gasteiger partial charge in [-0.3, -0.25) is 0 Å². The Kier molecular flexibility index (Phi) is 4.30. The lowest BCUT2D eigenvalue weighted by Crippen LogP contribution is -2.33. The molecule has 86 valence electrons. The normalized spacial score (nSPS) is 13.1. The van der Waals surface area contributed by atoms with E-state index < -0.39 is 16.1 Å². The second kappa shape index (κ2) is 5.30. The summed E-state index contributed by atoms with van der Waals surface area (Å²) >= 11 is 5.65.